The summed E-state index contributed by atoms with van der Waals surface area (Å²) in [5.74, 6) is 3.12. The Bertz CT molecular complexity index is 225. The lowest BCUT2D eigenvalue weighted by atomic mass is 10.0. The van der Waals surface area contributed by atoms with Gasteiger partial charge in [-0.3, -0.25) is 0 Å². The zero-order chi connectivity index (χ0) is 10.9. The Kier molecular flexibility index (Phi) is 6.85. The van der Waals surface area contributed by atoms with Crippen molar-refractivity contribution in [3.63, 3.8) is 0 Å². The van der Waals surface area contributed by atoms with Crippen molar-refractivity contribution in [1.29, 1.82) is 0 Å². The number of hydrogen-bond donors (Lipinski definition) is 0. The Hall–Kier alpha value is -0.220. The average molecular weight is 224 g/mol. The highest BCUT2D eigenvalue weighted by Crippen LogP contribution is 2.28. The van der Waals surface area contributed by atoms with Crippen LogP contribution in [0.3, 0.4) is 0 Å². The van der Waals surface area contributed by atoms with Crippen LogP contribution in [0, 0.1) is 0 Å². The molecule has 0 saturated heterocycles. The van der Waals surface area contributed by atoms with Crippen LogP contribution in [0.4, 0.5) is 0 Å². The van der Waals surface area contributed by atoms with E-state index in [1.165, 1.54) is 44.9 Å². The van der Waals surface area contributed by atoms with Crippen LogP contribution in [0.5, 0.6) is 0 Å². The molecule has 0 spiro atoms. The van der Waals surface area contributed by atoms with Crippen LogP contribution >= 0.6 is 8.19 Å². The quantitative estimate of drug-likeness (QED) is 0.506. The standard InChI is InChI=1S/C14H25P/c1-3-4-5-6-7-8-10-13(2)14-11-9-12-15-14/h9,11-13,15H,3-8,10H2,1-2H3. The summed E-state index contributed by atoms with van der Waals surface area (Å²) in [6.07, 6.45) is 9.92. The fraction of sp³-hybridized carbons (Fsp3) is 0.714. The van der Waals surface area contributed by atoms with Crippen LogP contribution in [0.1, 0.15) is 70.0 Å². The summed E-state index contributed by atoms with van der Waals surface area (Å²) in [5.41, 5.74) is 0. The van der Waals surface area contributed by atoms with E-state index in [0.717, 1.165) is 14.1 Å². The van der Waals surface area contributed by atoms with E-state index < -0.39 is 0 Å². The molecule has 86 valence electrons. The molecule has 0 saturated carbocycles. The van der Waals surface area contributed by atoms with E-state index in [1.54, 1.807) is 5.30 Å². The van der Waals surface area contributed by atoms with Gasteiger partial charge in [-0.2, -0.15) is 0 Å². The SMILES string of the molecule is CCCCCCCCC(C)c1ccc[pH]1. The Morgan fingerprint density at radius 2 is 1.87 bits per heavy atom. The highest BCUT2D eigenvalue weighted by molar-refractivity contribution is 7.30. The molecule has 0 radical (unpaired) electrons. The third-order valence-electron chi connectivity index (χ3n) is 3.14. The van der Waals surface area contributed by atoms with Gasteiger partial charge in [-0.25, -0.2) is 0 Å². The summed E-state index contributed by atoms with van der Waals surface area (Å²) in [4.78, 5) is 0. The summed E-state index contributed by atoms with van der Waals surface area (Å²) >= 11 is 0. The van der Waals surface area contributed by atoms with Gasteiger partial charge in [0.25, 0.3) is 0 Å². The largest absolute Gasteiger partial charge is 0.136 e. The molecule has 0 fully saturated rings. The molecule has 1 rings (SSSR count). The molecular formula is C14H25P. The number of rotatable bonds is 8. The van der Waals surface area contributed by atoms with Gasteiger partial charge in [-0.1, -0.05) is 64.5 Å². The molecule has 1 heteroatoms. The van der Waals surface area contributed by atoms with Crippen molar-refractivity contribution in [2.45, 2.75) is 64.7 Å². The van der Waals surface area contributed by atoms with Crippen LogP contribution in [0.15, 0.2) is 17.9 Å². The van der Waals surface area contributed by atoms with Crippen molar-refractivity contribution in [1.82, 2.24) is 0 Å². The Balaban J connectivity index is 2.00. The molecule has 1 aromatic heterocycles. The molecule has 1 heterocycles. The topological polar surface area (TPSA) is 0 Å². The third-order valence-corrected chi connectivity index (χ3v) is 4.50. The molecular weight excluding hydrogens is 199 g/mol. The van der Waals surface area contributed by atoms with Crippen molar-refractivity contribution in [2.75, 3.05) is 0 Å². The molecule has 15 heavy (non-hydrogen) atoms. The van der Waals surface area contributed by atoms with Crippen LogP contribution in [-0.2, 0) is 0 Å². The molecule has 2 unspecified atom stereocenters. The van der Waals surface area contributed by atoms with Gasteiger partial charge in [-0.05, 0) is 23.4 Å². The first-order valence-corrected chi connectivity index (χ1v) is 7.55. The maximum atomic E-state index is 2.39. The second kappa shape index (κ2) is 7.99. The Morgan fingerprint density at radius 1 is 1.13 bits per heavy atom. The smallest absolute Gasteiger partial charge is 0.0155 e. The molecule has 2 atom stereocenters. The lowest BCUT2D eigenvalue weighted by Crippen LogP contribution is -1.89. The van der Waals surface area contributed by atoms with Crippen molar-refractivity contribution >= 4 is 8.19 Å². The second-order valence-electron chi connectivity index (χ2n) is 4.58. The third kappa shape index (κ3) is 5.42. The summed E-state index contributed by atoms with van der Waals surface area (Å²) < 4.78 is 0. The minimum absolute atomic E-state index is 0.824. The Morgan fingerprint density at radius 3 is 2.53 bits per heavy atom. The molecule has 0 aliphatic carbocycles. The van der Waals surface area contributed by atoms with Gasteiger partial charge >= 0.3 is 0 Å². The predicted molar refractivity (Wildman–Crippen MR) is 72.4 cm³/mol. The van der Waals surface area contributed by atoms with Gasteiger partial charge in [0.15, 0.2) is 0 Å². The van der Waals surface area contributed by atoms with E-state index in [-0.39, 0.29) is 0 Å². The minimum atomic E-state index is 0.824. The first-order valence-electron chi connectivity index (χ1n) is 6.48. The fourth-order valence-corrected chi connectivity index (χ4v) is 3.04. The minimum Gasteiger partial charge on any atom is -0.136 e. The highest BCUT2D eigenvalue weighted by Gasteiger charge is 2.04. The fourth-order valence-electron chi connectivity index (χ4n) is 2.04. The lowest BCUT2D eigenvalue weighted by Gasteiger charge is -2.09. The monoisotopic (exact) mass is 224 g/mol. The zero-order valence-corrected chi connectivity index (χ0v) is 11.3. The molecule has 0 aliphatic rings. The normalized spacial score (nSPS) is 13.5. The van der Waals surface area contributed by atoms with Gasteiger partial charge in [0.2, 0.25) is 0 Å². The first-order chi connectivity index (χ1) is 7.34. The van der Waals surface area contributed by atoms with Gasteiger partial charge in [0.05, 0.1) is 0 Å². The predicted octanol–water partition coefficient (Wildman–Crippen LogP) is 5.57. The summed E-state index contributed by atoms with van der Waals surface area (Å²) in [7, 11) is 0.973. The molecule has 0 aromatic carbocycles. The van der Waals surface area contributed by atoms with Crippen LogP contribution in [-0.4, -0.2) is 0 Å². The van der Waals surface area contributed by atoms with Gasteiger partial charge in [0, 0.05) is 0 Å². The molecule has 0 amide bonds. The summed E-state index contributed by atoms with van der Waals surface area (Å²) in [6, 6.07) is 4.53. The van der Waals surface area contributed by atoms with Crippen molar-refractivity contribution in [2.24, 2.45) is 0 Å². The van der Waals surface area contributed by atoms with Crippen LogP contribution in [0.2, 0.25) is 0 Å². The summed E-state index contributed by atoms with van der Waals surface area (Å²) in [5, 5.41) is 1.67. The second-order valence-corrected chi connectivity index (χ2v) is 5.78. The molecule has 0 bridgehead atoms. The van der Waals surface area contributed by atoms with E-state index in [4.69, 9.17) is 0 Å². The van der Waals surface area contributed by atoms with Gasteiger partial charge in [-0.15, -0.1) is 8.19 Å². The van der Waals surface area contributed by atoms with Crippen molar-refractivity contribution < 1.29 is 0 Å². The molecule has 0 nitrogen and oxygen atoms in total. The molecule has 0 N–H and O–H groups in total. The number of hydrogen-bond acceptors (Lipinski definition) is 0. The molecule has 0 aliphatic heterocycles. The maximum absolute atomic E-state index is 2.39. The van der Waals surface area contributed by atoms with E-state index in [2.05, 4.69) is 31.8 Å². The maximum Gasteiger partial charge on any atom is -0.0155 e. The van der Waals surface area contributed by atoms with Crippen LogP contribution in [0.25, 0.3) is 0 Å². The van der Waals surface area contributed by atoms with E-state index in [9.17, 15) is 0 Å². The van der Waals surface area contributed by atoms with Crippen molar-refractivity contribution in [3.8, 4) is 0 Å². The van der Waals surface area contributed by atoms with E-state index in [0.29, 0.717) is 0 Å². The van der Waals surface area contributed by atoms with E-state index >= 15 is 0 Å². The van der Waals surface area contributed by atoms with Crippen LogP contribution < -0.4 is 0 Å². The number of unbranched alkanes of at least 4 members (excludes halogenated alkanes) is 5. The first kappa shape index (κ1) is 12.8. The molecule has 1 aromatic rings. The average Bonchev–Trinajstić information content (AvgIpc) is 2.76. The lowest BCUT2D eigenvalue weighted by molar-refractivity contribution is 0.560. The van der Waals surface area contributed by atoms with E-state index in [1.807, 2.05) is 0 Å². The van der Waals surface area contributed by atoms with Gasteiger partial charge in [0.1, 0.15) is 0 Å². The van der Waals surface area contributed by atoms with Crippen molar-refractivity contribution in [3.05, 3.63) is 23.2 Å². The Labute approximate surface area is 96.6 Å². The zero-order valence-electron chi connectivity index (χ0n) is 10.3. The van der Waals surface area contributed by atoms with Gasteiger partial charge < -0.3 is 0 Å². The summed E-state index contributed by atoms with van der Waals surface area (Å²) in [6.45, 7) is 4.67. The highest BCUT2D eigenvalue weighted by atomic mass is 31.0.